The standard InChI is InChI=1S/C10H10ClNO2/c1-12-10-8(13-2)4-7(6-11)5-9(10)14-3/h4-5H,6H2,2-3H3/i1-1. The number of alkyl halides is 1. The van der Waals surface area contributed by atoms with Crippen LogP contribution in [0.15, 0.2) is 12.1 Å². The van der Waals surface area contributed by atoms with Gasteiger partial charge in [-0.3, -0.25) is 0 Å². The third kappa shape index (κ3) is 1.91. The molecule has 0 aromatic heterocycles. The van der Waals surface area contributed by atoms with Gasteiger partial charge in [-0.2, -0.15) is 0 Å². The fourth-order valence-corrected chi connectivity index (χ4v) is 1.29. The Kier molecular flexibility index (Phi) is 3.61. The highest BCUT2D eigenvalue weighted by molar-refractivity contribution is 6.17. The molecular weight excluding hydrogens is 201 g/mol. The SMILES string of the molecule is COc1cc(CCl)cc(OC)c1[N+]#[11C-]. The van der Waals surface area contributed by atoms with E-state index in [9.17, 15) is 0 Å². The molecule has 0 saturated carbocycles. The number of hydrogen-bond donors (Lipinski definition) is 0. The zero-order valence-electron chi connectivity index (χ0n) is 8.00. The van der Waals surface area contributed by atoms with E-state index in [1.54, 1.807) is 12.1 Å². The van der Waals surface area contributed by atoms with E-state index in [4.69, 9.17) is 27.6 Å². The van der Waals surface area contributed by atoms with Gasteiger partial charge in [0.15, 0.2) is 0 Å². The molecule has 0 unspecified atom stereocenters. The van der Waals surface area contributed by atoms with Crippen molar-refractivity contribution in [1.82, 2.24) is 0 Å². The topological polar surface area (TPSA) is 22.8 Å². The summed E-state index contributed by atoms with van der Waals surface area (Å²) in [7, 11) is 3.03. The lowest BCUT2D eigenvalue weighted by molar-refractivity contribution is 0.398. The lowest BCUT2D eigenvalue weighted by Gasteiger charge is -2.09. The Hall–Kier alpha value is -1.40. The van der Waals surface area contributed by atoms with Crippen LogP contribution in [0.4, 0.5) is 5.69 Å². The van der Waals surface area contributed by atoms with Gasteiger partial charge in [0.25, 0.3) is 5.69 Å². The quantitative estimate of drug-likeness (QED) is 0.566. The third-order valence-electron chi connectivity index (χ3n) is 1.81. The van der Waals surface area contributed by atoms with Crippen LogP contribution in [0, 0.1) is 6.57 Å². The average Bonchev–Trinajstić information content (AvgIpc) is 2.26. The van der Waals surface area contributed by atoms with Crippen molar-refractivity contribution in [2.45, 2.75) is 5.88 Å². The Morgan fingerprint density at radius 3 is 2.07 bits per heavy atom. The van der Waals surface area contributed by atoms with Crippen molar-refractivity contribution < 1.29 is 9.47 Å². The predicted octanol–water partition coefficient (Wildman–Crippen LogP) is 2.99. The average molecular weight is 211 g/mol. The van der Waals surface area contributed by atoms with Crippen LogP contribution < -0.4 is 9.47 Å². The highest BCUT2D eigenvalue weighted by Crippen LogP contribution is 2.38. The molecule has 4 heteroatoms. The zero-order valence-corrected chi connectivity index (χ0v) is 8.76. The summed E-state index contributed by atoms with van der Waals surface area (Å²) < 4.78 is 10.1. The first-order valence-electron chi connectivity index (χ1n) is 3.95. The van der Waals surface area contributed by atoms with E-state index in [1.165, 1.54) is 14.2 Å². The van der Waals surface area contributed by atoms with E-state index in [1.807, 2.05) is 0 Å². The highest BCUT2D eigenvalue weighted by Gasteiger charge is 2.11. The number of nitrogens with zero attached hydrogens (tertiary/aromatic N) is 1. The molecule has 1 rings (SSSR count). The van der Waals surface area contributed by atoms with Crippen LogP contribution in [-0.4, -0.2) is 14.2 Å². The second-order valence-corrected chi connectivity index (χ2v) is 2.86. The monoisotopic (exact) mass is 210 g/mol. The van der Waals surface area contributed by atoms with Gasteiger partial charge in [0.05, 0.1) is 20.8 Å². The molecule has 0 radical (unpaired) electrons. The molecule has 0 fully saturated rings. The van der Waals surface area contributed by atoms with E-state index in [-0.39, 0.29) is 0 Å². The molecule has 14 heavy (non-hydrogen) atoms. The summed E-state index contributed by atoms with van der Waals surface area (Å²) in [5.74, 6) is 1.36. The van der Waals surface area contributed by atoms with Crippen LogP contribution in [0.5, 0.6) is 11.5 Å². The van der Waals surface area contributed by atoms with Crippen molar-refractivity contribution in [3.05, 3.63) is 29.1 Å². The van der Waals surface area contributed by atoms with Crippen molar-refractivity contribution in [3.63, 3.8) is 0 Å². The Bertz CT molecular complexity index is 346. The maximum absolute atomic E-state index is 6.99. The second kappa shape index (κ2) is 4.73. The minimum Gasteiger partial charge on any atom is -0.508 e. The number of rotatable bonds is 3. The Morgan fingerprint density at radius 1 is 1.29 bits per heavy atom. The summed E-state index contributed by atoms with van der Waals surface area (Å²) in [6.45, 7) is 6.99. The molecule has 3 nitrogen and oxygen atoms in total. The van der Waals surface area contributed by atoms with Gasteiger partial charge in [-0.15, -0.1) is 11.6 Å². The van der Waals surface area contributed by atoms with Crippen molar-refractivity contribution >= 4 is 17.3 Å². The molecule has 74 valence electrons. The Labute approximate surface area is 88.0 Å². The Morgan fingerprint density at radius 2 is 1.79 bits per heavy atom. The summed E-state index contributed by atoms with van der Waals surface area (Å²) in [5, 5.41) is 0. The normalized spacial score (nSPS) is 9.29. The molecule has 0 atom stereocenters. The van der Waals surface area contributed by atoms with Crippen LogP contribution in [0.1, 0.15) is 5.56 Å². The molecule has 0 heterocycles. The van der Waals surface area contributed by atoms with E-state index in [2.05, 4.69) is 4.85 Å². The summed E-state index contributed by atoms with van der Waals surface area (Å²) in [5.41, 5.74) is 1.25. The largest absolute Gasteiger partial charge is 0.508 e. The van der Waals surface area contributed by atoms with Crippen LogP contribution in [0.2, 0.25) is 0 Å². The van der Waals surface area contributed by atoms with Gasteiger partial charge in [0.1, 0.15) is 11.5 Å². The minimum absolute atomic E-state index is 0.366. The second-order valence-electron chi connectivity index (χ2n) is 2.59. The molecule has 0 N–H and O–H groups in total. The van der Waals surface area contributed by atoms with Gasteiger partial charge < -0.3 is 9.47 Å². The van der Waals surface area contributed by atoms with Crippen molar-refractivity contribution in [2.24, 2.45) is 0 Å². The summed E-state index contributed by atoms with van der Waals surface area (Å²) in [6.07, 6.45) is 0. The van der Waals surface area contributed by atoms with Crippen LogP contribution >= 0.6 is 11.6 Å². The summed E-state index contributed by atoms with van der Waals surface area (Å²) in [4.78, 5) is 3.34. The van der Waals surface area contributed by atoms with Gasteiger partial charge in [0, 0.05) is 5.88 Å². The van der Waals surface area contributed by atoms with Gasteiger partial charge in [-0.05, 0) is 17.7 Å². The lowest BCUT2D eigenvalue weighted by Crippen LogP contribution is -1.90. The smallest absolute Gasteiger partial charge is 0.268 e. The van der Waals surface area contributed by atoms with E-state index < -0.39 is 0 Å². The summed E-state index contributed by atoms with van der Waals surface area (Å²) in [6, 6.07) is 3.48. The van der Waals surface area contributed by atoms with Crippen molar-refractivity contribution in [1.29, 1.82) is 0 Å². The molecule has 0 aliphatic rings. The molecule has 1 aromatic rings. The first-order chi connectivity index (χ1) is 6.76. The lowest BCUT2D eigenvalue weighted by atomic mass is 10.2. The molecule has 0 spiro atoms. The van der Waals surface area contributed by atoms with Crippen LogP contribution in [0.3, 0.4) is 0 Å². The fourth-order valence-electron chi connectivity index (χ4n) is 1.14. The minimum atomic E-state index is 0.366. The highest BCUT2D eigenvalue weighted by atomic mass is 35.5. The van der Waals surface area contributed by atoms with Crippen molar-refractivity contribution in [2.75, 3.05) is 14.2 Å². The molecule has 0 aliphatic carbocycles. The van der Waals surface area contributed by atoms with Gasteiger partial charge in [-0.1, -0.05) is 0 Å². The number of benzene rings is 1. The van der Waals surface area contributed by atoms with E-state index >= 15 is 0 Å². The zero-order chi connectivity index (χ0) is 10.6. The van der Waals surface area contributed by atoms with E-state index in [0.29, 0.717) is 23.1 Å². The molecule has 1 aromatic carbocycles. The summed E-state index contributed by atoms with van der Waals surface area (Å²) >= 11 is 5.69. The van der Waals surface area contributed by atoms with Gasteiger partial charge in [0.2, 0.25) is 0 Å². The number of methoxy groups -OCH3 is 2. The van der Waals surface area contributed by atoms with Crippen LogP contribution in [0.25, 0.3) is 4.85 Å². The number of halogens is 1. The first kappa shape index (κ1) is 10.7. The molecule has 0 aliphatic heterocycles. The first-order valence-corrected chi connectivity index (χ1v) is 4.48. The Balaban J connectivity index is 3.34. The number of ether oxygens (including phenoxy) is 2. The van der Waals surface area contributed by atoms with E-state index in [0.717, 1.165) is 5.56 Å². The van der Waals surface area contributed by atoms with Crippen molar-refractivity contribution in [3.8, 4) is 11.5 Å². The van der Waals surface area contributed by atoms with Gasteiger partial charge >= 0.3 is 0 Å². The molecule has 0 saturated heterocycles. The third-order valence-corrected chi connectivity index (χ3v) is 2.11. The number of hydrogen-bond acceptors (Lipinski definition) is 2. The molecule has 0 amide bonds. The molecular formula is C10H10ClNO2. The molecule has 0 bridgehead atoms. The maximum atomic E-state index is 6.99. The van der Waals surface area contributed by atoms with Gasteiger partial charge in [-0.25, -0.2) is 4.85 Å². The maximum Gasteiger partial charge on any atom is 0.268 e. The predicted molar refractivity (Wildman–Crippen MR) is 55.4 cm³/mol. The van der Waals surface area contributed by atoms with Crippen LogP contribution in [-0.2, 0) is 5.88 Å². The fraction of sp³-hybridized carbons (Fsp3) is 0.300.